The maximum Gasteiger partial charge on any atom is 0.143 e. The summed E-state index contributed by atoms with van der Waals surface area (Å²) in [7, 11) is 0. The number of hydrogen-bond acceptors (Lipinski definition) is 1. The Bertz CT molecular complexity index is 2810. The molecule has 1 heterocycles. The fraction of sp³-hybridized carbons (Fsp3) is 0. The zero-order valence-electron chi connectivity index (χ0n) is 26.7. The Kier molecular flexibility index (Phi) is 6.25. The van der Waals surface area contributed by atoms with Crippen LogP contribution in [-0.2, 0) is 0 Å². The molecule has 0 radical (unpaired) electrons. The van der Waals surface area contributed by atoms with Crippen LogP contribution in [0.3, 0.4) is 0 Å². The van der Waals surface area contributed by atoms with Crippen LogP contribution in [0, 0.1) is 0 Å². The summed E-state index contributed by atoms with van der Waals surface area (Å²) in [5, 5.41) is 9.62. The van der Waals surface area contributed by atoms with E-state index in [0.29, 0.717) is 0 Å². The van der Waals surface area contributed by atoms with E-state index >= 15 is 0 Å². The van der Waals surface area contributed by atoms with E-state index in [0.717, 1.165) is 38.6 Å². The second-order valence-electron chi connectivity index (χ2n) is 12.8. The van der Waals surface area contributed by atoms with Crippen molar-refractivity contribution >= 4 is 54.3 Å². The lowest BCUT2D eigenvalue weighted by Gasteiger charge is -2.18. The van der Waals surface area contributed by atoms with E-state index in [9.17, 15) is 0 Å². The lowest BCUT2D eigenvalue weighted by atomic mass is 9.85. The van der Waals surface area contributed by atoms with Gasteiger partial charge in [0.2, 0.25) is 0 Å². The third kappa shape index (κ3) is 4.40. The normalized spacial score (nSPS) is 11.7. The van der Waals surface area contributed by atoms with Crippen molar-refractivity contribution in [3.05, 3.63) is 182 Å². The first-order valence-corrected chi connectivity index (χ1v) is 16.8. The SMILES string of the molecule is [2HH].c1ccc(-c2ccc3ccc(-c4c5ccccc5c(-c5cccc6c5oc5c(-c7ccccc7)cccc56)c5ccccc45)cc3c2)cc1. The van der Waals surface area contributed by atoms with Gasteiger partial charge in [-0.3, -0.25) is 0 Å². The van der Waals surface area contributed by atoms with Crippen molar-refractivity contribution < 1.29 is 5.84 Å². The van der Waals surface area contributed by atoms with Crippen molar-refractivity contribution in [2.75, 3.05) is 0 Å². The molecule has 1 heteroatoms. The van der Waals surface area contributed by atoms with E-state index in [4.69, 9.17) is 4.42 Å². The summed E-state index contributed by atoms with van der Waals surface area (Å²) in [5.41, 5.74) is 11.3. The lowest BCUT2D eigenvalue weighted by molar-refractivity contribution is 0.671. The Morgan fingerprint density at radius 3 is 1.39 bits per heavy atom. The minimum atomic E-state index is 0. The maximum atomic E-state index is 6.93. The van der Waals surface area contributed by atoms with Gasteiger partial charge in [-0.1, -0.05) is 170 Å². The van der Waals surface area contributed by atoms with E-state index in [2.05, 4.69) is 182 Å². The number of para-hydroxylation sites is 2. The first-order valence-electron chi connectivity index (χ1n) is 16.8. The highest BCUT2D eigenvalue weighted by Crippen LogP contribution is 2.47. The molecule has 1 aromatic heterocycles. The summed E-state index contributed by atoms with van der Waals surface area (Å²) < 4.78 is 6.93. The van der Waals surface area contributed by atoms with Crippen LogP contribution < -0.4 is 0 Å². The second-order valence-corrected chi connectivity index (χ2v) is 12.8. The average Bonchev–Trinajstić information content (AvgIpc) is 3.57. The molecule has 0 atom stereocenters. The van der Waals surface area contributed by atoms with Gasteiger partial charge in [-0.25, -0.2) is 0 Å². The number of benzene rings is 9. The molecule has 0 aliphatic heterocycles. The molecule has 230 valence electrons. The molecule has 0 saturated carbocycles. The Hall–Kier alpha value is -6.44. The Morgan fingerprint density at radius 2 is 0.755 bits per heavy atom. The summed E-state index contributed by atoms with van der Waals surface area (Å²) in [6.07, 6.45) is 0. The molecule has 1 nitrogen and oxygen atoms in total. The Morgan fingerprint density at radius 1 is 0.286 bits per heavy atom. The van der Waals surface area contributed by atoms with Gasteiger partial charge in [0.1, 0.15) is 11.2 Å². The monoisotopic (exact) mass is 625 g/mol. The topological polar surface area (TPSA) is 13.1 Å². The standard InChI is InChI=1S/C48H30O.H2/c1-3-13-31(14-4-1)34-27-25-32-26-28-35(30-36(32)29-34)45-38-17-7-9-19-40(38)46(41-20-10-8-18-39(41)45)44-24-12-23-43-42-22-11-21-37(47(42)49-48(43)44)33-15-5-2-6-16-33;/h1-30H;1H/i;1+1. The fourth-order valence-corrected chi connectivity index (χ4v) is 7.80. The smallest absolute Gasteiger partial charge is 0.143 e. The molecule has 0 fully saturated rings. The number of hydrogen-bond donors (Lipinski definition) is 0. The second kappa shape index (κ2) is 11.1. The molecular formula is C48H32O. The highest BCUT2D eigenvalue weighted by atomic mass is 16.3. The van der Waals surface area contributed by atoms with Gasteiger partial charge >= 0.3 is 0 Å². The van der Waals surface area contributed by atoms with E-state index in [1.165, 1.54) is 60.1 Å². The molecule has 9 aromatic carbocycles. The molecule has 49 heavy (non-hydrogen) atoms. The van der Waals surface area contributed by atoms with Crippen LogP contribution in [-0.4, -0.2) is 0 Å². The number of furan rings is 1. The Labute approximate surface area is 285 Å². The zero-order valence-corrected chi connectivity index (χ0v) is 26.7. The summed E-state index contributed by atoms with van der Waals surface area (Å²) in [6.45, 7) is 0. The minimum Gasteiger partial charge on any atom is -0.455 e. The predicted molar refractivity (Wildman–Crippen MR) is 210 cm³/mol. The third-order valence-corrected chi connectivity index (χ3v) is 10.0. The van der Waals surface area contributed by atoms with Gasteiger partial charge in [-0.05, 0) is 72.3 Å². The summed E-state index contributed by atoms with van der Waals surface area (Å²) in [4.78, 5) is 0. The summed E-state index contributed by atoms with van der Waals surface area (Å²) >= 11 is 0. The molecule has 0 aliphatic carbocycles. The summed E-state index contributed by atoms with van der Waals surface area (Å²) in [6, 6.07) is 65.6. The van der Waals surface area contributed by atoms with Crippen LogP contribution in [0.4, 0.5) is 0 Å². The van der Waals surface area contributed by atoms with Crippen molar-refractivity contribution in [2.24, 2.45) is 0 Å². The van der Waals surface area contributed by atoms with Crippen molar-refractivity contribution in [3.8, 4) is 44.5 Å². The minimum absolute atomic E-state index is 0. The molecule has 0 spiro atoms. The molecular weight excluding hydrogens is 593 g/mol. The lowest BCUT2D eigenvalue weighted by Crippen LogP contribution is -1.91. The molecule has 0 saturated heterocycles. The first-order chi connectivity index (χ1) is 24.3. The average molecular weight is 626 g/mol. The van der Waals surface area contributed by atoms with E-state index in [-0.39, 0.29) is 1.43 Å². The largest absolute Gasteiger partial charge is 0.455 e. The van der Waals surface area contributed by atoms with E-state index in [1.807, 2.05) is 0 Å². The van der Waals surface area contributed by atoms with Crippen LogP contribution in [0.2, 0.25) is 0 Å². The van der Waals surface area contributed by atoms with Crippen molar-refractivity contribution in [1.82, 2.24) is 0 Å². The van der Waals surface area contributed by atoms with Gasteiger partial charge in [0.15, 0.2) is 0 Å². The molecule has 0 amide bonds. The predicted octanol–water partition coefficient (Wildman–Crippen LogP) is 14.0. The van der Waals surface area contributed by atoms with Gasteiger partial charge < -0.3 is 4.42 Å². The fourth-order valence-electron chi connectivity index (χ4n) is 7.80. The van der Waals surface area contributed by atoms with Crippen LogP contribution in [0.1, 0.15) is 1.43 Å². The van der Waals surface area contributed by atoms with Gasteiger partial charge in [0.25, 0.3) is 0 Å². The quantitative estimate of drug-likeness (QED) is 0.177. The zero-order chi connectivity index (χ0) is 32.3. The molecule has 0 aliphatic rings. The van der Waals surface area contributed by atoms with Crippen LogP contribution in [0.15, 0.2) is 186 Å². The van der Waals surface area contributed by atoms with Gasteiger partial charge in [-0.15, -0.1) is 0 Å². The highest BCUT2D eigenvalue weighted by molar-refractivity contribution is 6.24. The molecule has 0 unspecified atom stereocenters. The molecule has 10 aromatic rings. The van der Waals surface area contributed by atoms with Crippen molar-refractivity contribution in [1.29, 1.82) is 0 Å². The van der Waals surface area contributed by atoms with Crippen LogP contribution in [0.5, 0.6) is 0 Å². The van der Waals surface area contributed by atoms with Gasteiger partial charge in [-0.2, -0.15) is 0 Å². The van der Waals surface area contributed by atoms with Gasteiger partial charge in [0.05, 0.1) is 0 Å². The highest BCUT2D eigenvalue weighted by Gasteiger charge is 2.21. The number of rotatable bonds is 4. The molecule has 0 N–H and O–H groups in total. The van der Waals surface area contributed by atoms with Crippen molar-refractivity contribution in [2.45, 2.75) is 0 Å². The van der Waals surface area contributed by atoms with Crippen LogP contribution >= 0.6 is 0 Å². The van der Waals surface area contributed by atoms with E-state index < -0.39 is 0 Å². The molecule has 0 bridgehead atoms. The Balaban J connectivity index is 0.00000336. The maximum absolute atomic E-state index is 6.93. The number of fused-ring (bicyclic) bond motifs is 6. The molecule has 10 rings (SSSR count). The summed E-state index contributed by atoms with van der Waals surface area (Å²) in [5.74, 6) is 0. The first kappa shape index (κ1) is 27.7. The van der Waals surface area contributed by atoms with Gasteiger partial charge in [0, 0.05) is 28.9 Å². The van der Waals surface area contributed by atoms with Crippen LogP contribution in [0.25, 0.3) is 98.8 Å². The third-order valence-electron chi connectivity index (χ3n) is 10.0. The van der Waals surface area contributed by atoms with Crippen molar-refractivity contribution in [3.63, 3.8) is 0 Å². The van der Waals surface area contributed by atoms with E-state index in [1.54, 1.807) is 0 Å².